The first kappa shape index (κ1) is 21.7. The Morgan fingerprint density at radius 3 is 1.63 bits per heavy atom. The molecule has 0 heterocycles. The molecule has 154 valence electrons. The van der Waals surface area contributed by atoms with Gasteiger partial charge in [-0.15, -0.1) is 0 Å². The van der Waals surface area contributed by atoms with Gasteiger partial charge in [0.25, 0.3) is 0 Å². The lowest BCUT2D eigenvalue weighted by Crippen LogP contribution is -2.63. The van der Waals surface area contributed by atoms with Crippen molar-refractivity contribution >= 4 is 0 Å². The highest BCUT2D eigenvalue weighted by Gasteiger charge is 2.82. The van der Waals surface area contributed by atoms with Crippen molar-refractivity contribution in [1.82, 2.24) is 0 Å². The van der Waals surface area contributed by atoms with E-state index < -0.39 is 42.7 Å². The molecule has 0 amide bonds. The van der Waals surface area contributed by atoms with Crippen LogP contribution in [-0.2, 0) is 0 Å². The molecule has 1 saturated carbocycles. The summed E-state index contributed by atoms with van der Waals surface area (Å²) in [5, 5.41) is 0. The summed E-state index contributed by atoms with van der Waals surface area (Å²) in [7, 11) is 1.44. The highest BCUT2D eigenvalue weighted by Crippen LogP contribution is 2.57. The van der Waals surface area contributed by atoms with E-state index in [0.717, 1.165) is 5.56 Å². The van der Waals surface area contributed by atoms with Gasteiger partial charge in [0.15, 0.2) is 0 Å². The predicted octanol–water partition coefficient (Wildman–Crippen LogP) is 6.44. The molecule has 1 nitrogen and oxygen atoms in total. The molecule has 0 spiro atoms. The summed E-state index contributed by atoms with van der Waals surface area (Å²) < 4.78 is 123. The standard InChI is InChI=1S/C17H17F9O/c1-27-13-8-4-11(5-9-13)10-2-6-12(7-3-10)14(18,19)15(20,21)16(22,23)17(24,25)26/h4-5,8-10,12H,2-3,6-7H2,1H3. The van der Waals surface area contributed by atoms with E-state index in [9.17, 15) is 39.5 Å². The Labute approximate surface area is 149 Å². The van der Waals surface area contributed by atoms with Crippen LogP contribution in [0.4, 0.5) is 39.5 Å². The smallest absolute Gasteiger partial charge is 0.460 e. The summed E-state index contributed by atoms with van der Waals surface area (Å²) in [5.74, 6) is -20.8. The maximum absolute atomic E-state index is 14.0. The number of hydrogen-bond acceptors (Lipinski definition) is 1. The van der Waals surface area contributed by atoms with Gasteiger partial charge >= 0.3 is 23.9 Å². The molecule has 1 aromatic carbocycles. The Hall–Kier alpha value is -1.61. The monoisotopic (exact) mass is 408 g/mol. The summed E-state index contributed by atoms with van der Waals surface area (Å²) in [6.45, 7) is 0. The van der Waals surface area contributed by atoms with Crippen molar-refractivity contribution in [3.8, 4) is 5.75 Å². The Kier molecular flexibility index (Phi) is 5.69. The van der Waals surface area contributed by atoms with Gasteiger partial charge in [0.2, 0.25) is 0 Å². The number of rotatable bonds is 5. The van der Waals surface area contributed by atoms with E-state index in [2.05, 4.69) is 0 Å². The zero-order chi connectivity index (χ0) is 20.7. The van der Waals surface area contributed by atoms with E-state index in [1.165, 1.54) is 7.11 Å². The normalized spacial score (nSPS) is 22.6. The largest absolute Gasteiger partial charge is 0.497 e. The van der Waals surface area contributed by atoms with Crippen LogP contribution in [0.2, 0.25) is 0 Å². The molecular weight excluding hydrogens is 391 g/mol. The minimum absolute atomic E-state index is 0.0275. The van der Waals surface area contributed by atoms with Crippen LogP contribution < -0.4 is 4.74 Å². The quantitative estimate of drug-likeness (QED) is 0.510. The van der Waals surface area contributed by atoms with Gasteiger partial charge in [-0.1, -0.05) is 12.1 Å². The first-order valence-corrected chi connectivity index (χ1v) is 8.09. The number of benzene rings is 1. The van der Waals surface area contributed by atoms with Crippen LogP contribution >= 0.6 is 0 Å². The highest BCUT2D eigenvalue weighted by molar-refractivity contribution is 5.29. The van der Waals surface area contributed by atoms with Crippen LogP contribution in [0.25, 0.3) is 0 Å². The number of ether oxygens (including phenoxy) is 1. The summed E-state index contributed by atoms with van der Waals surface area (Å²) in [5.41, 5.74) is 0.727. The third-order valence-electron chi connectivity index (χ3n) is 5.00. The topological polar surface area (TPSA) is 9.23 Å². The molecule has 0 atom stereocenters. The number of halogens is 9. The Morgan fingerprint density at radius 2 is 1.22 bits per heavy atom. The molecule has 27 heavy (non-hydrogen) atoms. The third-order valence-corrected chi connectivity index (χ3v) is 5.00. The van der Waals surface area contributed by atoms with Crippen molar-refractivity contribution in [3.05, 3.63) is 29.8 Å². The van der Waals surface area contributed by atoms with Gasteiger partial charge < -0.3 is 4.74 Å². The molecule has 0 bridgehead atoms. The molecule has 0 radical (unpaired) electrons. The van der Waals surface area contributed by atoms with Crippen LogP contribution in [0.1, 0.15) is 37.2 Å². The molecule has 0 aliphatic heterocycles. The molecule has 0 N–H and O–H groups in total. The fourth-order valence-corrected chi connectivity index (χ4v) is 3.31. The molecule has 0 saturated heterocycles. The van der Waals surface area contributed by atoms with Crippen molar-refractivity contribution in [2.75, 3.05) is 7.11 Å². The molecule has 10 heteroatoms. The van der Waals surface area contributed by atoms with Crippen LogP contribution in [0, 0.1) is 5.92 Å². The molecule has 1 fully saturated rings. The fraction of sp³-hybridized carbons (Fsp3) is 0.647. The van der Waals surface area contributed by atoms with Gasteiger partial charge in [-0.05, 0) is 49.3 Å². The van der Waals surface area contributed by atoms with E-state index in [-0.39, 0.29) is 18.8 Å². The van der Waals surface area contributed by atoms with Crippen LogP contribution in [0.15, 0.2) is 24.3 Å². The van der Waals surface area contributed by atoms with E-state index in [1.54, 1.807) is 24.3 Å². The second-order valence-corrected chi connectivity index (χ2v) is 6.59. The zero-order valence-electron chi connectivity index (χ0n) is 14.1. The second kappa shape index (κ2) is 7.09. The lowest BCUT2D eigenvalue weighted by atomic mass is 9.74. The molecule has 0 unspecified atom stereocenters. The summed E-state index contributed by atoms with van der Waals surface area (Å²) in [6.07, 6.45) is -8.01. The van der Waals surface area contributed by atoms with Crippen molar-refractivity contribution < 1.29 is 44.3 Å². The summed E-state index contributed by atoms with van der Waals surface area (Å²) in [4.78, 5) is 0. The Balaban J connectivity index is 2.13. The van der Waals surface area contributed by atoms with Crippen molar-refractivity contribution in [1.29, 1.82) is 0 Å². The first-order valence-electron chi connectivity index (χ1n) is 8.09. The van der Waals surface area contributed by atoms with E-state index in [1.807, 2.05) is 0 Å². The first-order chi connectivity index (χ1) is 12.3. The second-order valence-electron chi connectivity index (χ2n) is 6.59. The van der Waals surface area contributed by atoms with Crippen molar-refractivity contribution in [2.45, 2.75) is 55.5 Å². The maximum Gasteiger partial charge on any atom is 0.460 e. The van der Waals surface area contributed by atoms with Gasteiger partial charge in [0, 0.05) is 5.92 Å². The highest BCUT2D eigenvalue weighted by atomic mass is 19.4. The van der Waals surface area contributed by atoms with E-state index >= 15 is 0 Å². The SMILES string of the molecule is COc1ccc(C2CCC(C(F)(F)C(F)(F)C(F)(F)C(F)(F)F)CC2)cc1. The van der Waals surface area contributed by atoms with Crippen LogP contribution in [-0.4, -0.2) is 31.1 Å². The maximum atomic E-state index is 14.0. The van der Waals surface area contributed by atoms with Gasteiger partial charge in [0.1, 0.15) is 5.75 Å². The Morgan fingerprint density at radius 1 is 0.741 bits per heavy atom. The van der Waals surface area contributed by atoms with Crippen molar-refractivity contribution in [2.24, 2.45) is 5.92 Å². The molecule has 1 aliphatic rings. The molecule has 0 aromatic heterocycles. The van der Waals surface area contributed by atoms with Gasteiger partial charge in [-0.25, -0.2) is 0 Å². The van der Waals surface area contributed by atoms with Gasteiger partial charge in [-0.3, -0.25) is 0 Å². The average Bonchev–Trinajstić information content (AvgIpc) is 2.60. The van der Waals surface area contributed by atoms with Gasteiger partial charge in [0.05, 0.1) is 7.11 Å². The lowest BCUT2D eigenvalue weighted by Gasteiger charge is -2.40. The summed E-state index contributed by atoms with van der Waals surface area (Å²) >= 11 is 0. The van der Waals surface area contributed by atoms with Crippen LogP contribution in [0.5, 0.6) is 5.75 Å². The zero-order valence-corrected chi connectivity index (χ0v) is 14.1. The van der Waals surface area contributed by atoms with E-state index in [0.29, 0.717) is 5.75 Å². The fourth-order valence-electron chi connectivity index (χ4n) is 3.31. The minimum atomic E-state index is -6.82. The van der Waals surface area contributed by atoms with Gasteiger partial charge in [-0.2, -0.15) is 39.5 Å². The predicted molar refractivity (Wildman–Crippen MR) is 78.6 cm³/mol. The minimum Gasteiger partial charge on any atom is -0.497 e. The summed E-state index contributed by atoms with van der Waals surface area (Å²) in [6, 6.07) is 6.56. The lowest BCUT2D eigenvalue weighted by molar-refractivity contribution is -0.404. The van der Waals surface area contributed by atoms with E-state index in [4.69, 9.17) is 4.74 Å². The average molecular weight is 408 g/mol. The molecule has 2 rings (SSSR count). The third kappa shape index (κ3) is 3.71. The molecular formula is C17H17F9O. The number of hydrogen-bond donors (Lipinski definition) is 0. The van der Waals surface area contributed by atoms with Crippen LogP contribution in [0.3, 0.4) is 0 Å². The molecule has 1 aliphatic carbocycles. The number of methoxy groups -OCH3 is 1. The number of alkyl halides is 9. The molecule has 1 aromatic rings. The Bertz CT molecular complexity index is 629. The van der Waals surface area contributed by atoms with Crippen molar-refractivity contribution in [3.63, 3.8) is 0 Å².